The van der Waals surface area contributed by atoms with E-state index in [0.717, 1.165) is 5.52 Å². The van der Waals surface area contributed by atoms with Gasteiger partial charge in [0.1, 0.15) is 5.52 Å². The van der Waals surface area contributed by atoms with E-state index in [0.29, 0.717) is 0 Å². The van der Waals surface area contributed by atoms with Gasteiger partial charge in [0, 0.05) is 6.07 Å². The van der Waals surface area contributed by atoms with Crippen molar-refractivity contribution in [1.82, 2.24) is 4.37 Å². The molecule has 1 heterocycles. The first kappa shape index (κ1) is 7.85. The third-order valence-corrected chi connectivity index (χ3v) is 2.98. The van der Waals surface area contributed by atoms with Crippen molar-refractivity contribution >= 4 is 31.1 Å². The van der Waals surface area contributed by atoms with Crippen LogP contribution >= 0.6 is 20.9 Å². The van der Waals surface area contributed by atoms with Gasteiger partial charge in [0.25, 0.3) is 15.2 Å². The number of nitrogens with zero attached hydrogens (tertiary/aromatic N) is 1. The van der Waals surface area contributed by atoms with Gasteiger partial charge in [0.2, 0.25) is 0 Å². The molecule has 2 rings (SSSR count). The second-order valence-electron chi connectivity index (χ2n) is 1.72. The Morgan fingerprint density at radius 2 is 2.10 bits per heavy atom. The van der Waals surface area contributed by atoms with E-state index in [-0.39, 0.29) is 12.4 Å². The van der Waals surface area contributed by atoms with Gasteiger partial charge >= 0.3 is 10.3 Å². The fourth-order valence-electron chi connectivity index (χ4n) is 0.702. The van der Waals surface area contributed by atoms with Crippen molar-refractivity contribution in [3.8, 4) is 0 Å². The van der Waals surface area contributed by atoms with Crippen LogP contribution in [-0.2, 0) is 0 Å². The quantitative estimate of drug-likeness (QED) is 0.408. The smallest absolute Gasteiger partial charge is 0.323 e. The lowest BCUT2D eigenvalue weighted by Gasteiger charge is -1.72. The number of hydrogen-bond donors (Lipinski definition) is 0. The number of rotatable bonds is 0. The molecule has 0 amide bonds. The van der Waals surface area contributed by atoms with Gasteiger partial charge < -0.3 is 12.4 Å². The van der Waals surface area contributed by atoms with E-state index in [2.05, 4.69) is 10.4 Å². The zero-order valence-corrected chi connectivity index (χ0v) is 7.34. The van der Waals surface area contributed by atoms with Crippen LogP contribution in [0.4, 0.5) is 0 Å². The fourth-order valence-corrected chi connectivity index (χ4v) is 2.47. The summed E-state index contributed by atoms with van der Waals surface area (Å²) in [5.41, 5.74) is 1.12. The van der Waals surface area contributed by atoms with Gasteiger partial charge in [-0.1, -0.05) is 12.1 Å². The van der Waals surface area contributed by atoms with E-state index in [1.807, 2.05) is 18.2 Å². The number of fused-ring (bicyclic) bond motifs is 1. The van der Waals surface area contributed by atoms with Gasteiger partial charge in [-0.25, -0.2) is 0 Å². The number of halogens is 1. The summed E-state index contributed by atoms with van der Waals surface area (Å²) in [6.45, 7) is 0. The highest BCUT2D eigenvalue weighted by Crippen LogP contribution is 2.19. The minimum atomic E-state index is 0. The molecule has 0 spiro atoms. The third-order valence-electron chi connectivity index (χ3n) is 1.13. The average molecular weight is 190 g/mol. The molecule has 2 aromatic rings. The van der Waals surface area contributed by atoms with Gasteiger partial charge in [-0.15, -0.1) is 4.37 Å². The summed E-state index contributed by atoms with van der Waals surface area (Å²) in [6, 6.07) is 8.16. The molecule has 0 unspecified atom stereocenters. The van der Waals surface area contributed by atoms with Crippen LogP contribution in [0.15, 0.2) is 24.3 Å². The van der Waals surface area contributed by atoms with E-state index >= 15 is 0 Å². The molecule has 0 radical (unpaired) electrons. The molecule has 0 atom stereocenters. The topological polar surface area (TPSA) is 12.9 Å². The van der Waals surface area contributed by atoms with E-state index in [4.69, 9.17) is 0 Å². The molecular weight excluding hydrogens is 186 g/mol. The van der Waals surface area contributed by atoms with E-state index in [1.165, 1.54) is 4.70 Å². The van der Waals surface area contributed by atoms with Crippen molar-refractivity contribution < 1.29 is 12.4 Å². The Labute approximate surface area is 72.3 Å². The monoisotopic (exact) mass is 189 g/mol. The maximum Gasteiger partial charge on any atom is 0.323 e. The Balaban J connectivity index is 0.000000500. The molecule has 0 saturated carbocycles. The molecule has 0 fully saturated rings. The molecule has 4 heteroatoms. The Bertz CT molecular complexity index is 290. The maximum atomic E-state index is 4.18. The Morgan fingerprint density at radius 1 is 1.30 bits per heavy atom. The van der Waals surface area contributed by atoms with Crippen LogP contribution in [0.1, 0.15) is 0 Å². The summed E-state index contributed by atoms with van der Waals surface area (Å²) >= 11 is 0. The molecule has 1 aromatic heterocycles. The maximum absolute atomic E-state index is 4.18. The molecule has 0 aliphatic carbocycles. The van der Waals surface area contributed by atoms with E-state index in [1.54, 1.807) is 20.9 Å². The van der Waals surface area contributed by atoms with Crippen LogP contribution in [-0.4, -0.2) is 4.37 Å². The van der Waals surface area contributed by atoms with Crippen LogP contribution in [0.2, 0.25) is 0 Å². The number of benzene rings is 1. The average Bonchev–Trinajstić information content (AvgIpc) is 2.33. The Hall–Kier alpha value is -0.250. The van der Waals surface area contributed by atoms with Crippen molar-refractivity contribution in [3.05, 3.63) is 24.3 Å². The number of hydrogen-bond acceptors (Lipinski definition) is 2. The SMILES string of the molecule is [Cl-].c1ccc2[s+]snc2c1. The molecule has 52 valence electrons. The van der Waals surface area contributed by atoms with Crippen LogP contribution in [0.3, 0.4) is 0 Å². The molecule has 1 nitrogen and oxygen atoms in total. The third kappa shape index (κ3) is 1.26. The van der Waals surface area contributed by atoms with Gasteiger partial charge in [0.05, 0.1) is 0 Å². The zero-order chi connectivity index (χ0) is 6.10. The first-order chi connectivity index (χ1) is 4.47. The number of aromatic nitrogens is 1. The second kappa shape index (κ2) is 3.23. The molecular formula is C6H4ClNS2. The summed E-state index contributed by atoms with van der Waals surface area (Å²) in [7, 11) is 3.26. The molecule has 0 aliphatic heterocycles. The van der Waals surface area contributed by atoms with Gasteiger partial charge in [-0.2, -0.15) is 0 Å². The summed E-state index contributed by atoms with van der Waals surface area (Å²) in [4.78, 5) is 0. The first-order valence-electron chi connectivity index (χ1n) is 2.60. The van der Waals surface area contributed by atoms with Crippen molar-refractivity contribution in [1.29, 1.82) is 0 Å². The predicted molar refractivity (Wildman–Crippen MR) is 41.9 cm³/mol. The largest absolute Gasteiger partial charge is 1.00 e. The highest BCUT2D eigenvalue weighted by Gasteiger charge is 2.05. The van der Waals surface area contributed by atoms with Crippen LogP contribution in [0.25, 0.3) is 10.2 Å². The van der Waals surface area contributed by atoms with E-state index in [9.17, 15) is 0 Å². The normalized spacial score (nSPS) is 9.20. The lowest BCUT2D eigenvalue weighted by atomic mass is 10.3. The van der Waals surface area contributed by atoms with Crippen molar-refractivity contribution in [2.24, 2.45) is 0 Å². The molecule has 1 aromatic carbocycles. The van der Waals surface area contributed by atoms with E-state index < -0.39 is 0 Å². The highest BCUT2D eigenvalue weighted by molar-refractivity contribution is 7.69. The standard InChI is InChI=1S/C6H4NS2.ClH/c1-2-4-6-5(3-1)7-9-8-6;/h1-4H;1H/q+1;/p-1. The Morgan fingerprint density at radius 3 is 2.90 bits per heavy atom. The molecule has 0 saturated heterocycles. The second-order valence-corrected chi connectivity index (χ2v) is 3.60. The van der Waals surface area contributed by atoms with Crippen molar-refractivity contribution in [3.63, 3.8) is 0 Å². The van der Waals surface area contributed by atoms with Crippen LogP contribution in [0, 0.1) is 0 Å². The van der Waals surface area contributed by atoms with Crippen molar-refractivity contribution in [2.75, 3.05) is 0 Å². The van der Waals surface area contributed by atoms with Crippen LogP contribution in [0.5, 0.6) is 0 Å². The lowest BCUT2D eigenvalue weighted by molar-refractivity contribution is -0.00000167. The molecule has 10 heavy (non-hydrogen) atoms. The van der Waals surface area contributed by atoms with Gasteiger partial charge in [-0.3, -0.25) is 0 Å². The summed E-state index contributed by atoms with van der Waals surface area (Å²) in [5, 5.41) is 0. The summed E-state index contributed by atoms with van der Waals surface area (Å²) in [5.74, 6) is 0. The minimum absolute atomic E-state index is 0. The summed E-state index contributed by atoms with van der Waals surface area (Å²) < 4.78 is 5.46. The summed E-state index contributed by atoms with van der Waals surface area (Å²) in [6.07, 6.45) is 0. The molecule has 0 N–H and O–H groups in total. The lowest BCUT2D eigenvalue weighted by Crippen LogP contribution is -3.00. The van der Waals surface area contributed by atoms with Gasteiger partial charge in [-0.05, 0) is 6.07 Å². The highest BCUT2D eigenvalue weighted by atomic mass is 35.5. The predicted octanol–water partition coefficient (Wildman–Crippen LogP) is -0.357. The fraction of sp³-hybridized carbons (Fsp3) is 0. The molecule has 0 aliphatic rings. The van der Waals surface area contributed by atoms with Crippen LogP contribution < -0.4 is 12.4 Å². The Kier molecular flexibility index (Phi) is 2.54. The zero-order valence-electron chi connectivity index (χ0n) is 4.95. The van der Waals surface area contributed by atoms with Crippen molar-refractivity contribution in [2.45, 2.75) is 0 Å². The van der Waals surface area contributed by atoms with Gasteiger partial charge in [0.15, 0.2) is 0 Å². The first-order valence-corrected chi connectivity index (χ1v) is 4.71. The minimum Gasteiger partial charge on any atom is -1.00 e. The molecule has 0 bridgehead atoms.